The fraction of sp³-hybridized carbons (Fsp3) is 1.00. The molecule has 2 aliphatic rings. The van der Waals surface area contributed by atoms with E-state index in [1.54, 1.807) is 0 Å². The normalized spacial score (nSPS) is 35.8. The van der Waals surface area contributed by atoms with E-state index in [2.05, 4.69) is 39.5 Å². The highest BCUT2D eigenvalue weighted by atomic mass is 15.2. The number of likely N-dealkylation sites (tertiary alicyclic amines) is 1. The third-order valence-corrected chi connectivity index (χ3v) is 5.26. The average molecular weight is 223 g/mol. The van der Waals surface area contributed by atoms with Crippen molar-refractivity contribution in [3.8, 4) is 0 Å². The average Bonchev–Trinajstić information content (AvgIpc) is 2.41. The number of nitrogens with zero attached hydrogens (tertiary/aromatic N) is 1. The summed E-state index contributed by atoms with van der Waals surface area (Å²) < 4.78 is 0. The molecule has 1 aliphatic heterocycles. The minimum Gasteiger partial charge on any atom is -0.298 e. The van der Waals surface area contributed by atoms with E-state index in [1.165, 1.54) is 38.8 Å². The molecule has 1 unspecified atom stereocenters. The van der Waals surface area contributed by atoms with Gasteiger partial charge in [0.15, 0.2) is 0 Å². The van der Waals surface area contributed by atoms with E-state index in [-0.39, 0.29) is 0 Å². The topological polar surface area (TPSA) is 3.24 Å². The third kappa shape index (κ3) is 2.16. The molecule has 0 aromatic rings. The van der Waals surface area contributed by atoms with Crippen molar-refractivity contribution in [2.24, 2.45) is 17.3 Å². The van der Waals surface area contributed by atoms with Crippen molar-refractivity contribution in [1.82, 2.24) is 4.90 Å². The van der Waals surface area contributed by atoms with Crippen molar-refractivity contribution in [3.05, 3.63) is 0 Å². The molecule has 1 heterocycles. The van der Waals surface area contributed by atoms with Gasteiger partial charge >= 0.3 is 0 Å². The number of piperidine rings is 1. The van der Waals surface area contributed by atoms with E-state index in [1.807, 2.05) is 0 Å². The predicted octanol–water partition coefficient (Wildman–Crippen LogP) is 3.93. The van der Waals surface area contributed by atoms with Gasteiger partial charge in [0, 0.05) is 5.54 Å². The van der Waals surface area contributed by atoms with Gasteiger partial charge in [0.1, 0.15) is 0 Å². The maximum atomic E-state index is 2.67. The molecule has 0 aromatic heterocycles. The van der Waals surface area contributed by atoms with Crippen LogP contribution in [0.2, 0.25) is 0 Å². The minimum absolute atomic E-state index is 0.370. The van der Waals surface area contributed by atoms with E-state index in [0.29, 0.717) is 11.0 Å². The lowest BCUT2D eigenvalue weighted by Gasteiger charge is -2.47. The molecule has 1 spiro atoms. The second-order valence-corrected chi connectivity index (χ2v) is 7.47. The number of hydrogen-bond donors (Lipinski definition) is 0. The van der Waals surface area contributed by atoms with E-state index < -0.39 is 0 Å². The summed E-state index contributed by atoms with van der Waals surface area (Å²) in [6.45, 7) is 14.6. The molecule has 0 amide bonds. The molecule has 1 saturated heterocycles. The third-order valence-electron chi connectivity index (χ3n) is 5.26. The molecule has 0 radical (unpaired) electrons. The second-order valence-electron chi connectivity index (χ2n) is 7.47. The summed E-state index contributed by atoms with van der Waals surface area (Å²) >= 11 is 0. The smallest absolute Gasteiger partial charge is 0.0125 e. The van der Waals surface area contributed by atoms with E-state index in [9.17, 15) is 0 Å². The van der Waals surface area contributed by atoms with Crippen molar-refractivity contribution in [2.75, 3.05) is 13.1 Å². The lowest BCUT2D eigenvalue weighted by atomic mass is 9.70. The molecular weight excluding hydrogens is 194 g/mol. The Morgan fingerprint density at radius 3 is 2.00 bits per heavy atom. The zero-order valence-electron chi connectivity index (χ0n) is 11.8. The maximum Gasteiger partial charge on any atom is 0.0125 e. The first-order chi connectivity index (χ1) is 7.33. The Kier molecular flexibility index (Phi) is 3.11. The fourth-order valence-electron chi connectivity index (χ4n) is 4.15. The van der Waals surface area contributed by atoms with Crippen LogP contribution in [0.5, 0.6) is 0 Å². The van der Waals surface area contributed by atoms with Gasteiger partial charge < -0.3 is 0 Å². The molecule has 94 valence electrons. The maximum absolute atomic E-state index is 2.67. The Labute approximate surface area is 102 Å². The molecule has 0 aromatic carbocycles. The van der Waals surface area contributed by atoms with Gasteiger partial charge in [0.05, 0.1) is 0 Å². The first kappa shape index (κ1) is 12.4. The summed E-state index contributed by atoms with van der Waals surface area (Å²) in [5, 5.41) is 0. The molecule has 2 fully saturated rings. The molecule has 0 N–H and O–H groups in total. The van der Waals surface area contributed by atoms with Gasteiger partial charge in [-0.05, 0) is 76.8 Å². The Balaban J connectivity index is 1.99. The Morgan fingerprint density at radius 1 is 1.06 bits per heavy atom. The van der Waals surface area contributed by atoms with Crippen LogP contribution in [0.15, 0.2) is 0 Å². The second kappa shape index (κ2) is 4.01. The summed E-state index contributed by atoms with van der Waals surface area (Å²) in [5.41, 5.74) is 1.08. The van der Waals surface area contributed by atoms with Crippen LogP contribution in [0.1, 0.15) is 60.3 Å². The number of hydrogen-bond acceptors (Lipinski definition) is 1. The van der Waals surface area contributed by atoms with Crippen LogP contribution >= 0.6 is 0 Å². The van der Waals surface area contributed by atoms with Crippen LogP contribution in [-0.4, -0.2) is 23.5 Å². The zero-order chi connectivity index (χ0) is 12.0. The fourth-order valence-corrected chi connectivity index (χ4v) is 4.15. The lowest BCUT2D eigenvalue weighted by Crippen LogP contribution is -2.49. The quantitative estimate of drug-likeness (QED) is 0.601. The van der Waals surface area contributed by atoms with Crippen LogP contribution in [0, 0.1) is 17.3 Å². The molecule has 1 nitrogen and oxygen atoms in total. The first-order valence-electron chi connectivity index (χ1n) is 7.08. The van der Waals surface area contributed by atoms with E-state index in [4.69, 9.17) is 0 Å². The Morgan fingerprint density at radius 2 is 1.62 bits per heavy atom. The highest BCUT2D eigenvalue weighted by Gasteiger charge is 2.45. The minimum atomic E-state index is 0.370. The van der Waals surface area contributed by atoms with Crippen molar-refractivity contribution in [2.45, 2.75) is 65.8 Å². The summed E-state index contributed by atoms with van der Waals surface area (Å²) in [4.78, 5) is 2.67. The summed E-state index contributed by atoms with van der Waals surface area (Å²) in [6.07, 6.45) is 5.84. The van der Waals surface area contributed by atoms with E-state index in [0.717, 1.165) is 11.8 Å². The monoisotopic (exact) mass is 223 g/mol. The number of rotatable bonds is 0. The molecule has 16 heavy (non-hydrogen) atoms. The van der Waals surface area contributed by atoms with Crippen molar-refractivity contribution in [3.63, 3.8) is 0 Å². The zero-order valence-corrected chi connectivity index (χ0v) is 11.8. The van der Waals surface area contributed by atoms with Crippen LogP contribution in [0.3, 0.4) is 0 Å². The van der Waals surface area contributed by atoms with Gasteiger partial charge in [0.25, 0.3) is 0 Å². The Hall–Kier alpha value is -0.0400. The summed E-state index contributed by atoms with van der Waals surface area (Å²) in [6, 6.07) is 0. The van der Waals surface area contributed by atoms with Crippen LogP contribution in [0.25, 0.3) is 0 Å². The van der Waals surface area contributed by atoms with Crippen molar-refractivity contribution >= 4 is 0 Å². The summed E-state index contributed by atoms with van der Waals surface area (Å²) in [5.74, 6) is 1.93. The van der Waals surface area contributed by atoms with E-state index >= 15 is 0 Å². The summed E-state index contributed by atoms with van der Waals surface area (Å²) in [7, 11) is 0. The van der Waals surface area contributed by atoms with Gasteiger partial charge in [-0.1, -0.05) is 13.8 Å². The SMILES string of the molecule is CC1C[C@@H](C)C2(CCN(C(C)(C)C)CC2)C1. The highest BCUT2D eigenvalue weighted by molar-refractivity contribution is 4.97. The largest absolute Gasteiger partial charge is 0.298 e. The molecule has 0 bridgehead atoms. The Bertz CT molecular complexity index is 243. The predicted molar refractivity (Wildman–Crippen MR) is 70.6 cm³/mol. The lowest BCUT2D eigenvalue weighted by molar-refractivity contribution is 0.0246. The highest BCUT2D eigenvalue weighted by Crippen LogP contribution is 2.52. The van der Waals surface area contributed by atoms with Crippen molar-refractivity contribution < 1.29 is 0 Å². The molecule has 1 heteroatoms. The molecule has 2 atom stereocenters. The van der Waals surface area contributed by atoms with Crippen LogP contribution < -0.4 is 0 Å². The molecule has 1 aliphatic carbocycles. The van der Waals surface area contributed by atoms with Crippen molar-refractivity contribution in [1.29, 1.82) is 0 Å². The van der Waals surface area contributed by atoms with Gasteiger partial charge in [-0.2, -0.15) is 0 Å². The standard InChI is InChI=1S/C15H29N/c1-12-10-13(2)15(11-12)6-8-16(9-7-15)14(3,4)5/h12-13H,6-11H2,1-5H3/t12?,13-/m1/s1. The molecule has 1 saturated carbocycles. The first-order valence-corrected chi connectivity index (χ1v) is 7.08. The molecular formula is C15H29N. The van der Waals surface area contributed by atoms with Gasteiger partial charge in [0.2, 0.25) is 0 Å². The van der Waals surface area contributed by atoms with Crippen LogP contribution in [0.4, 0.5) is 0 Å². The van der Waals surface area contributed by atoms with Gasteiger partial charge in [-0.15, -0.1) is 0 Å². The van der Waals surface area contributed by atoms with Gasteiger partial charge in [-0.25, -0.2) is 0 Å². The van der Waals surface area contributed by atoms with Crippen LogP contribution in [-0.2, 0) is 0 Å². The molecule has 2 rings (SSSR count). The van der Waals surface area contributed by atoms with Gasteiger partial charge in [-0.3, -0.25) is 4.90 Å².